The van der Waals surface area contributed by atoms with Crippen LogP contribution in [0, 0.1) is 35.0 Å². The van der Waals surface area contributed by atoms with Crippen LogP contribution in [0.25, 0.3) is 11.8 Å². The van der Waals surface area contributed by atoms with Crippen molar-refractivity contribution in [1.82, 2.24) is 0 Å². The molecule has 1 aromatic rings. The molecule has 1 aromatic carbocycles. The zero-order valence-electron chi connectivity index (χ0n) is 37.4. The van der Waals surface area contributed by atoms with Crippen LogP contribution in [0.3, 0.4) is 0 Å². The van der Waals surface area contributed by atoms with Crippen molar-refractivity contribution < 1.29 is 58.4 Å². The molecule has 8 aliphatic rings. The number of carbonyl (C=O) groups is 2. The Bertz CT molecular complexity index is 2360. The molecule has 0 radical (unpaired) electrons. The highest BCUT2D eigenvalue weighted by Crippen LogP contribution is 2.74. The third-order valence-electron chi connectivity index (χ3n) is 14.2. The van der Waals surface area contributed by atoms with Crippen molar-refractivity contribution in [2.45, 2.75) is 141 Å². The molecule has 0 aromatic heterocycles. The summed E-state index contributed by atoms with van der Waals surface area (Å²) in [6, 6.07) is 2.34. The number of carbonyl (C=O) groups excluding carboxylic acids is 2. The van der Waals surface area contributed by atoms with Crippen LogP contribution >= 0.6 is 0 Å². The number of methoxy groups -OCH3 is 1. The number of allylic oxidation sites excluding steroid dienone is 4. The molecular weight excluding hydrogens is 811 g/mol. The van der Waals surface area contributed by atoms with Crippen LogP contribution in [0.15, 0.2) is 51.6 Å². The van der Waals surface area contributed by atoms with E-state index in [0.29, 0.717) is 53.0 Å². The van der Waals surface area contributed by atoms with Gasteiger partial charge in [-0.1, -0.05) is 29.4 Å². The second-order valence-corrected chi connectivity index (χ2v) is 19.3. The van der Waals surface area contributed by atoms with Gasteiger partial charge in [-0.15, -0.1) is 0 Å². The van der Waals surface area contributed by atoms with Crippen molar-refractivity contribution in [3.05, 3.63) is 63.3 Å². The molecule has 12 atom stereocenters. The molecule has 5 heterocycles. The number of ether oxygens (including phenoxy) is 6. The van der Waals surface area contributed by atoms with E-state index < -0.39 is 89.4 Å². The summed E-state index contributed by atoms with van der Waals surface area (Å²) in [4.78, 5) is 33.3. The maximum atomic E-state index is 15.4. The minimum absolute atomic E-state index is 0.00592. The lowest BCUT2D eigenvalue weighted by Crippen LogP contribution is -2.75. The molecule has 3 aliphatic carbocycles. The van der Waals surface area contributed by atoms with Crippen LogP contribution in [0.5, 0.6) is 17.2 Å². The molecular formula is C48H59N3O12. The molecule has 6 N–H and O–H groups in total. The third kappa shape index (κ3) is 6.62. The molecule has 3 saturated carbocycles. The average Bonchev–Trinajstić information content (AvgIpc) is 3.37. The number of aliphatic hydroxyl groups excluding tert-OH is 4. The summed E-state index contributed by atoms with van der Waals surface area (Å²) in [6.45, 7) is 14.8. The topological polar surface area (TPSA) is 233 Å². The molecule has 1 spiro atoms. The van der Waals surface area contributed by atoms with E-state index in [9.17, 15) is 30.5 Å². The van der Waals surface area contributed by atoms with Gasteiger partial charge >= 0.3 is 5.97 Å². The van der Waals surface area contributed by atoms with Crippen LogP contribution in [0.4, 0.5) is 0 Å². The van der Waals surface area contributed by atoms with Gasteiger partial charge in [0.2, 0.25) is 6.29 Å². The lowest BCUT2D eigenvalue weighted by atomic mass is 9.44. The number of aliphatic imine (C=N–C) groups is 1. The number of Topliss-reactive ketones (excluding diaryl/α,β-unsaturated/α-hetero) is 1. The Balaban J connectivity index is 1.47. The minimum atomic E-state index is -1.78. The number of nitrogens with zero attached hydrogens (tertiary/aromatic N) is 2. The standard InChI is InChI=1S/C48H59N3O12/c1-22(2)11-10-16-46(8)17-15-26-38(61-46)25(13-12-23(3)4)40-32(39(26)60-44-37(55)36(54)35(53)29(21-52)59-44)34-33-31(28(20-49)42(50)51-34)27-19-30-45(6,7)63-47(41(27)56,48(30,33)62-40)18-14-24(5)43(57)58-9/h11-12,14-15,17,27-31,35-37,44,52-55H,10,13,16,18-19,21H2,1-9H3,(H2,50,51)/t27?,28?,29-,30?,31?,35-,36+,37-,44+,46?,47?,48?/m1/s1. The predicted octanol–water partition coefficient (Wildman–Crippen LogP) is 4.53. The molecule has 0 amide bonds. The molecule has 2 saturated heterocycles. The van der Waals surface area contributed by atoms with E-state index in [1.165, 1.54) is 7.11 Å². The van der Waals surface area contributed by atoms with Gasteiger partial charge in [0.05, 0.1) is 42.2 Å². The Hall–Kier alpha value is -4.82. The van der Waals surface area contributed by atoms with E-state index >= 15 is 4.79 Å². The lowest BCUT2D eigenvalue weighted by molar-refractivity contribution is -0.277. The van der Waals surface area contributed by atoms with Crippen molar-refractivity contribution in [1.29, 1.82) is 5.26 Å². The third-order valence-corrected chi connectivity index (χ3v) is 14.2. The highest BCUT2D eigenvalue weighted by Gasteiger charge is 2.84. The Morgan fingerprint density at radius 3 is 2.40 bits per heavy atom. The van der Waals surface area contributed by atoms with Crippen LogP contribution in [-0.4, -0.2) is 105 Å². The van der Waals surface area contributed by atoms with Gasteiger partial charge in [0.1, 0.15) is 59.0 Å². The number of fused-ring (bicyclic) bond motifs is 3. The Morgan fingerprint density at radius 2 is 1.75 bits per heavy atom. The molecule has 63 heavy (non-hydrogen) atoms. The molecule has 338 valence electrons. The fourth-order valence-corrected chi connectivity index (χ4v) is 11.1. The Morgan fingerprint density at radius 1 is 1.03 bits per heavy atom. The number of hydrogen-bond donors (Lipinski definition) is 5. The van der Waals surface area contributed by atoms with E-state index in [-0.39, 0.29) is 41.5 Å². The van der Waals surface area contributed by atoms with Crippen molar-refractivity contribution in [3.63, 3.8) is 0 Å². The summed E-state index contributed by atoms with van der Waals surface area (Å²) in [5.41, 5.74) is 6.30. The van der Waals surface area contributed by atoms with Gasteiger partial charge in [0.15, 0.2) is 17.0 Å². The normalized spacial score (nSPS) is 36.4. The largest absolute Gasteiger partial charge is 0.482 e. The summed E-state index contributed by atoms with van der Waals surface area (Å²) in [7, 11) is 1.28. The van der Waals surface area contributed by atoms with Crippen molar-refractivity contribution in [2.24, 2.45) is 34.4 Å². The lowest BCUT2D eigenvalue weighted by Gasteiger charge is -2.62. The highest BCUT2D eigenvalue weighted by molar-refractivity contribution is 6.05. The fourth-order valence-electron chi connectivity index (χ4n) is 11.1. The zero-order chi connectivity index (χ0) is 45.7. The summed E-state index contributed by atoms with van der Waals surface area (Å²) in [5.74, 6) is -3.13. The van der Waals surface area contributed by atoms with Crippen molar-refractivity contribution >= 4 is 29.4 Å². The van der Waals surface area contributed by atoms with Gasteiger partial charge in [-0.3, -0.25) is 4.79 Å². The average molecular weight is 870 g/mol. The summed E-state index contributed by atoms with van der Waals surface area (Å²) in [5, 5.41) is 54.0. The molecule has 5 aliphatic heterocycles. The van der Waals surface area contributed by atoms with Gasteiger partial charge in [0, 0.05) is 40.9 Å². The molecule has 7 unspecified atom stereocenters. The van der Waals surface area contributed by atoms with E-state index in [4.69, 9.17) is 39.1 Å². The van der Waals surface area contributed by atoms with Crippen LogP contribution in [0.1, 0.15) is 97.8 Å². The smallest absolute Gasteiger partial charge is 0.333 e. The maximum absolute atomic E-state index is 15.4. The predicted molar refractivity (Wildman–Crippen MR) is 230 cm³/mol. The second kappa shape index (κ2) is 15.7. The SMILES string of the molecule is COC(=O)C(C)=CCC12OC(C)(C)C3CC(C1=O)C1C4=C(N=C(N)C1C#N)c1c(O[C@@H]5O[C@H](CO)[C@@H](O)[C@H](O)[C@H]5O)c5c(c(CC=C(C)C)c1OC432)OC(C)(CCC=C(C)C)C=C5. The second-order valence-electron chi connectivity index (χ2n) is 19.3. The molecule has 15 heteroatoms. The first-order valence-electron chi connectivity index (χ1n) is 21.7. The van der Waals surface area contributed by atoms with Crippen molar-refractivity contribution in [2.75, 3.05) is 13.7 Å². The van der Waals surface area contributed by atoms with Crippen molar-refractivity contribution in [3.8, 4) is 23.3 Å². The zero-order valence-corrected chi connectivity index (χ0v) is 37.4. The van der Waals surface area contributed by atoms with Gasteiger partial charge in [-0.25, -0.2) is 9.79 Å². The van der Waals surface area contributed by atoms with Crippen LogP contribution in [0.2, 0.25) is 0 Å². The number of nitriles is 1. The quantitative estimate of drug-likeness (QED) is 0.117. The van der Waals surface area contributed by atoms with Gasteiger partial charge in [0.25, 0.3) is 0 Å². The number of benzene rings is 1. The Labute approximate surface area is 367 Å². The number of nitrogens with two attached hydrogens (primary N) is 1. The van der Waals surface area contributed by atoms with Gasteiger partial charge in [-0.05, 0) is 93.2 Å². The molecule has 9 rings (SSSR count). The van der Waals surface area contributed by atoms with E-state index in [1.54, 1.807) is 13.0 Å². The van der Waals surface area contributed by atoms with Gasteiger partial charge in [-0.2, -0.15) is 5.26 Å². The summed E-state index contributed by atoms with van der Waals surface area (Å²) >= 11 is 0. The van der Waals surface area contributed by atoms with E-state index in [0.717, 1.165) is 11.1 Å². The molecule has 4 bridgehead atoms. The van der Waals surface area contributed by atoms with Gasteiger partial charge < -0.3 is 54.6 Å². The molecule has 5 fully saturated rings. The maximum Gasteiger partial charge on any atom is 0.333 e. The first-order chi connectivity index (χ1) is 29.7. The highest BCUT2D eigenvalue weighted by atomic mass is 16.7. The number of esters is 1. The monoisotopic (exact) mass is 869 g/mol. The number of hydrogen-bond acceptors (Lipinski definition) is 15. The number of aliphatic hydroxyl groups is 4. The number of rotatable bonds is 11. The van der Waals surface area contributed by atoms with Crippen LogP contribution in [-0.2, 0) is 30.2 Å². The fraction of sp³-hybridized carbons (Fsp3) is 0.583. The summed E-state index contributed by atoms with van der Waals surface area (Å²) in [6.07, 6.45) is 3.37. The first kappa shape index (κ1) is 44.8. The van der Waals surface area contributed by atoms with Crippen LogP contribution < -0.4 is 19.9 Å². The summed E-state index contributed by atoms with van der Waals surface area (Å²) < 4.78 is 39.6. The number of ketones is 1. The van der Waals surface area contributed by atoms with E-state index in [2.05, 4.69) is 12.1 Å². The molecule has 15 nitrogen and oxygen atoms in total. The minimum Gasteiger partial charge on any atom is -0.482 e. The number of amidine groups is 1. The van der Waals surface area contributed by atoms with E-state index in [1.807, 2.05) is 66.7 Å². The first-order valence-corrected chi connectivity index (χ1v) is 21.7. The Kier molecular flexibility index (Phi) is 11.2.